The lowest BCUT2D eigenvalue weighted by molar-refractivity contribution is -0.119. The number of amides is 1. The van der Waals surface area contributed by atoms with Gasteiger partial charge < -0.3 is 15.0 Å². The number of carbonyl (C=O) groups is 1. The van der Waals surface area contributed by atoms with E-state index < -0.39 is 9.84 Å². The van der Waals surface area contributed by atoms with Gasteiger partial charge in [0.25, 0.3) is 0 Å². The molecule has 0 unspecified atom stereocenters. The summed E-state index contributed by atoms with van der Waals surface area (Å²) in [6.45, 7) is 4.61. The highest BCUT2D eigenvalue weighted by Crippen LogP contribution is 2.41. The van der Waals surface area contributed by atoms with E-state index in [1.165, 1.54) is 0 Å². The van der Waals surface area contributed by atoms with E-state index in [1.807, 2.05) is 80.0 Å². The highest BCUT2D eigenvalue weighted by atomic mass is 32.2. The smallest absolute Gasteiger partial charge is 0.240 e. The van der Waals surface area contributed by atoms with E-state index in [0.29, 0.717) is 23.5 Å². The second kappa shape index (κ2) is 14.5. The summed E-state index contributed by atoms with van der Waals surface area (Å²) in [6, 6.07) is 32.5. The molecule has 1 aliphatic heterocycles. The number of aromatic nitrogens is 2. The first-order chi connectivity index (χ1) is 24.3. The topological polar surface area (TPSA) is 110 Å². The Bertz CT molecular complexity index is 2220. The molecule has 6 aromatic rings. The summed E-state index contributed by atoms with van der Waals surface area (Å²) in [5.41, 5.74) is 7.02. The number of β-amino-alcohol motifs (C(OH)–C–C–N with tert-alkyl or cyclic N) is 1. The van der Waals surface area contributed by atoms with E-state index in [-0.39, 0.29) is 18.3 Å². The third-order valence-corrected chi connectivity index (χ3v) is 11.3. The summed E-state index contributed by atoms with van der Waals surface area (Å²) in [4.78, 5) is 28.1. The normalized spacial score (nSPS) is 14.6. The van der Waals surface area contributed by atoms with Crippen molar-refractivity contribution >= 4 is 43.4 Å². The lowest BCUT2D eigenvalue weighted by atomic mass is 9.92. The average molecular weight is 688 g/mol. The highest BCUT2D eigenvalue weighted by Gasteiger charge is 2.22. The van der Waals surface area contributed by atoms with Crippen LogP contribution in [0.15, 0.2) is 114 Å². The van der Waals surface area contributed by atoms with E-state index in [1.54, 1.807) is 29.2 Å². The number of nitrogens with one attached hydrogen (secondary N) is 1. The van der Waals surface area contributed by atoms with Crippen LogP contribution >= 0.6 is 0 Å². The molecular weight excluding hydrogens is 647 g/mol. The minimum atomic E-state index is -3.53. The Balaban J connectivity index is 1.21. The molecule has 2 N–H and O–H groups in total. The number of sulfone groups is 1. The number of H-pyrrole nitrogens is 1. The predicted molar refractivity (Wildman–Crippen MR) is 200 cm³/mol. The zero-order valence-corrected chi connectivity index (χ0v) is 28.9. The number of carbonyl (C=O) groups excluding carboxylic acids is 1. The summed E-state index contributed by atoms with van der Waals surface area (Å²) in [5.74, 6) is -0.0774. The SMILES string of the molecule is CN(C(=O)CN1CCCN(CCO)CC1)c1ccc(-c2cnc3[nH]c4ccc(CS(=O)(=O)c5ccccc5)cc4c3c2-c2ccccc2)cc1. The number of likely N-dealkylation sites (N-methyl/N-ethyl adjacent to an activating group) is 1. The first kappa shape index (κ1) is 33.6. The van der Waals surface area contributed by atoms with Crippen molar-refractivity contribution in [3.63, 3.8) is 0 Å². The fraction of sp³-hybridized carbons (Fsp3) is 0.250. The van der Waals surface area contributed by atoms with E-state index in [2.05, 4.69) is 26.9 Å². The number of anilines is 1. The Morgan fingerprint density at radius 3 is 2.30 bits per heavy atom. The summed E-state index contributed by atoms with van der Waals surface area (Å²) < 4.78 is 26.6. The van der Waals surface area contributed by atoms with Crippen LogP contribution < -0.4 is 4.90 Å². The minimum Gasteiger partial charge on any atom is -0.395 e. The Morgan fingerprint density at radius 2 is 1.56 bits per heavy atom. The van der Waals surface area contributed by atoms with Crippen LogP contribution in [0.2, 0.25) is 0 Å². The van der Waals surface area contributed by atoms with E-state index in [9.17, 15) is 18.3 Å². The molecule has 1 aliphatic rings. The third-order valence-electron chi connectivity index (χ3n) is 9.60. The van der Waals surface area contributed by atoms with Gasteiger partial charge in [0.1, 0.15) is 5.65 Å². The molecule has 7 rings (SSSR count). The van der Waals surface area contributed by atoms with Crippen molar-refractivity contribution in [2.24, 2.45) is 0 Å². The van der Waals surface area contributed by atoms with Gasteiger partial charge in [0.15, 0.2) is 9.84 Å². The molecule has 50 heavy (non-hydrogen) atoms. The number of hydrogen-bond acceptors (Lipinski definition) is 7. The van der Waals surface area contributed by atoms with Gasteiger partial charge in [-0.15, -0.1) is 0 Å². The molecule has 2 aromatic heterocycles. The number of aliphatic hydroxyl groups is 1. The number of fused-ring (bicyclic) bond motifs is 3. The van der Waals surface area contributed by atoms with Gasteiger partial charge in [-0.1, -0.05) is 66.7 Å². The maximum atomic E-state index is 13.3. The van der Waals surface area contributed by atoms with Gasteiger partial charge in [0.05, 0.1) is 23.8 Å². The molecular formula is C40H41N5O4S. The number of benzene rings is 4. The average Bonchev–Trinajstić information content (AvgIpc) is 3.36. The van der Waals surface area contributed by atoms with Gasteiger partial charge >= 0.3 is 0 Å². The van der Waals surface area contributed by atoms with Crippen molar-refractivity contribution in [2.45, 2.75) is 17.1 Å². The number of nitrogens with zero attached hydrogens (tertiary/aromatic N) is 4. The summed E-state index contributed by atoms with van der Waals surface area (Å²) in [6.07, 6.45) is 2.85. The number of aliphatic hydroxyl groups excluding tert-OH is 1. The summed E-state index contributed by atoms with van der Waals surface area (Å²) in [7, 11) is -1.71. The van der Waals surface area contributed by atoms with Crippen molar-refractivity contribution in [1.29, 1.82) is 0 Å². The molecule has 0 radical (unpaired) electrons. The molecule has 10 heteroatoms. The number of pyridine rings is 1. The van der Waals surface area contributed by atoms with Crippen LogP contribution in [0.5, 0.6) is 0 Å². The molecule has 256 valence electrons. The van der Waals surface area contributed by atoms with Gasteiger partial charge in [-0.25, -0.2) is 13.4 Å². The Morgan fingerprint density at radius 1 is 0.860 bits per heavy atom. The molecule has 4 aromatic carbocycles. The van der Waals surface area contributed by atoms with Crippen LogP contribution in [0.25, 0.3) is 44.2 Å². The van der Waals surface area contributed by atoms with Gasteiger partial charge in [0.2, 0.25) is 5.91 Å². The van der Waals surface area contributed by atoms with E-state index >= 15 is 0 Å². The molecule has 1 saturated heterocycles. The second-order valence-electron chi connectivity index (χ2n) is 12.9. The summed E-state index contributed by atoms with van der Waals surface area (Å²) in [5, 5.41) is 11.1. The first-order valence-electron chi connectivity index (χ1n) is 17.0. The van der Waals surface area contributed by atoms with Crippen LogP contribution in [-0.4, -0.2) is 92.1 Å². The van der Waals surface area contributed by atoms with Crippen molar-refractivity contribution in [2.75, 3.05) is 57.8 Å². The molecule has 0 atom stereocenters. The van der Waals surface area contributed by atoms with Crippen LogP contribution in [0, 0.1) is 0 Å². The Hall–Kier alpha value is -4.87. The summed E-state index contributed by atoms with van der Waals surface area (Å²) >= 11 is 0. The van der Waals surface area contributed by atoms with Crippen LogP contribution in [0.1, 0.15) is 12.0 Å². The standard InChI is InChI=1S/C40H41N5O4S/c1-43(37(47)27-45-20-8-19-44(21-22-45)23-24-46)32-16-14-30(15-17-32)35-26-41-40-39(38(35)31-9-4-2-5-10-31)34-25-29(13-18-36(34)42-40)28-50(48,49)33-11-6-3-7-12-33/h2-7,9-18,25-26,46H,8,19-24,27-28H2,1H3,(H,41,42). The zero-order valence-electron chi connectivity index (χ0n) is 28.1. The van der Waals surface area contributed by atoms with Crippen LogP contribution in [0.3, 0.4) is 0 Å². The lowest BCUT2D eigenvalue weighted by Gasteiger charge is -2.24. The van der Waals surface area contributed by atoms with Crippen LogP contribution in [-0.2, 0) is 20.4 Å². The largest absolute Gasteiger partial charge is 0.395 e. The molecule has 3 heterocycles. The van der Waals surface area contributed by atoms with E-state index in [4.69, 9.17) is 4.98 Å². The van der Waals surface area contributed by atoms with Crippen molar-refractivity contribution in [3.8, 4) is 22.3 Å². The second-order valence-corrected chi connectivity index (χ2v) is 14.9. The molecule has 0 bridgehead atoms. The first-order valence-corrected chi connectivity index (χ1v) is 18.6. The van der Waals surface area contributed by atoms with Gasteiger partial charge in [-0.2, -0.15) is 0 Å². The van der Waals surface area contributed by atoms with Gasteiger partial charge in [0, 0.05) is 66.0 Å². The lowest BCUT2D eigenvalue weighted by Crippen LogP contribution is -2.40. The Labute approximate surface area is 292 Å². The number of rotatable bonds is 10. The van der Waals surface area contributed by atoms with Crippen molar-refractivity contribution in [1.82, 2.24) is 19.8 Å². The number of aromatic amines is 1. The highest BCUT2D eigenvalue weighted by molar-refractivity contribution is 7.90. The molecule has 1 amide bonds. The van der Waals surface area contributed by atoms with Crippen molar-refractivity contribution < 1.29 is 18.3 Å². The monoisotopic (exact) mass is 687 g/mol. The fourth-order valence-corrected chi connectivity index (χ4v) is 8.26. The maximum absolute atomic E-state index is 13.3. The molecule has 0 saturated carbocycles. The van der Waals surface area contributed by atoms with E-state index in [0.717, 1.165) is 82.5 Å². The fourth-order valence-electron chi connectivity index (χ4n) is 6.90. The molecule has 0 aliphatic carbocycles. The van der Waals surface area contributed by atoms with Crippen molar-refractivity contribution in [3.05, 3.63) is 115 Å². The van der Waals surface area contributed by atoms with Crippen LogP contribution in [0.4, 0.5) is 5.69 Å². The zero-order chi connectivity index (χ0) is 34.7. The van der Waals surface area contributed by atoms with Gasteiger partial charge in [-0.05, 0) is 72.6 Å². The van der Waals surface area contributed by atoms with Gasteiger partial charge in [-0.3, -0.25) is 14.6 Å². The predicted octanol–water partition coefficient (Wildman–Crippen LogP) is 5.99. The Kier molecular flexibility index (Phi) is 9.78. The third kappa shape index (κ3) is 7.06. The molecule has 1 fully saturated rings. The molecule has 0 spiro atoms. The number of hydrogen-bond donors (Lipinski definition) is 2. The quantitative estimate of drug-likeness (QED) is 0.182. The molecule has 9 nitrogen and oxygen atoms in total. The maximum Gasteiger partial charge on any atom is 0.240 e. The minimum absolute atomic E-state index is 0.0327.